The van der Waals surface area contributed by atoms with Gasteiger partial charge in [-0.05, 0) is 43.0 Å². The normalized spacial score (nSPS) is 12.2. The van der Waals surface area contributed by atoms with Crippen molar-refractivity contribution >= 4 is 27.5 Å². The van der Waals surface area contributed by atoms with E-state index in [1.165, 1.54) is 11.9 Å². The molecule has 8 heteroatoms. The number of likely N-dealkylation sites (N-methyl/N-ethyl adjacent to an activating group) is 1. The van der Waals surface area contributed by atoms with Crippen molar-refractivity contribution in [1.82, 2.24) is 10.2 Å². The minimum Gasteiger partial charge on any atom is -0.357 e. The number of benzene rings is 2. The Hall–Kier alpha value is -2.87. The smallest absolute Gasteiger partial charge is 0.244 e. The first-order valence-electron chi connectivity index (χ1n) is 10.2. The number of rotatable bonds is 9. The van der Waals surface area contributed by atoms with Crippen LogP contribution in [0.4, 0.5) is 5.69 Å². The first kappa shape index (κ1) is 24.4. The van der Waals surface area contributed by atoms with E-state index in [0.717, 1.165) is 27.3 Å². The van der Waals surface area contributed by atoms with Crippen molar-refractivity contribution < 1.29 is 18.0 Å². The predicted molar refractivity (Wildman–Crippen MR) is 123 cm³/mol. The fourth-order valence-electron chi connectivity index (χ4n) is 3.50. The van der Waals surface area contributed by atoms with E-state index in [0.29, 0.717) is 12.1 Å². The third kappa shape index (κ3) is 6.07. The van der Waals surface area contributed by atoms with Gasteiger partial charge in [-0.25, -0.2) is 8.42 Å². The maximum absolute atomic E-state index is 13.5. The number of anilines is 1. The summed E-state index contributed by atoms with van der Waals surface area (Å²) >= 11 is 0. The highest BCUT2D eigenvalue weighted by Gasteiger charge is 2.31. The number of aryl methyl sites for hydroxylation is 2. The monoisotopic (exact) mass is 445 g/mol. The van der Waals surface area contributed by atoms with Gasteiger partial charge >= 0.3 is 0 Å². The first-order valence-corrected chi connectivity index (χ1v) is 12.0. The number of nitrogens with one attached hydrogen (secondary N) is 1. The molecule has 0 saturated heterocycles. The summed E-state index contributed by atoms with van der Waals surface area (Å²) in [6.07, 6.45) is 1.48. The maximum Gasteiger partial charge on any atom is 0.244 e. The lowest BCUT2D eigenvalue weighted by molar-refractivity contribution is -0.140. The van der Waals surface area contributed by atoms with Gasteiger partial charge < -0.3 is 10.2 Å². The Morgan fingerprint density at radius 2 is 1.58 bits per heavy atom. The van der Waals surface area contributed by atoms with Crippen LogP contribution in [0.3, 0.4) is 0 Å². The number of carbonyl (C=O) groups excluding carboxylic acids is 2. The zero-order valence-corrected chi connectivity index (χ0v) is 19.6. The summed E-state index contributed by atoms with van der Waals surface area (Å²) in [5.41, 5.74) is 3.08. The van der Waals surface area contributed by atoms with E-state index in [-0.39, 0.29) is 19.0 Å². The Morgan fingerprint density at radius 1 is 1.00 bits per heavy atom. The van der Waals surface area contributed by atoms with Gasteiger partial charge in [0.05, 0.1) is 11.9 Å². The molecule has 1 atom stereocenters. The fourth-order valence-corrected chi connectivity index (χ4v) is 4.40. The molecule has 0 aliphatic rings. The van der Waals surface area contributed by atoms with Gasteiger partial charge in [-0.15, -0.1) is 0 Å². The molecule has 2 aromatic rings. The number of carbonyl (C=O) groups is 2. The minimum atomic E-state index is -3.72. The quantitative estimate of drug-likeness (QED) is 0.643. The summed E-state index contributed by atoms with van der Waals surface area (Å²) in [7, 11) is -2.20. The molecular weight excluding hydrogens is 414 g/mol. The fraction of sp³-hybridized carbons (Fsp3) is 0.391. The van der Waals surface area contributed by atoms with Gasteiger partial charge in [0.25, 0.3) is 0 Å². The zero-order valence-electron chi connectivity index (χ0n) is 18.8. The van der Waals surface area contributed by atoms with Crippen LogP contribution in [-0.4, -0.2) is 51.0 Å². The van der Waals surface area contributed by atoms with E-state index in [1.54, 1.807) is 25.1 Å². The van der Waals surface area contributed by atoms with Gasteiger partial charge in [0.1, 0.15) is 12.6 Å². The number of para-hydroxylation sites is 1. The Balaban J connectivity index is 2.46. The Labute approximate surface area is 185 Å². The first-order chi connectivity index (χ1) is 14.6. The van der Waals surface area contributed by atoms with Crippen LogP contribution >= 0.6 is 0 Å². The van der Waals surface area contributed by atoms with E-state index in [9.17, 15) is 18.0 Å². The van der Waals surface area contributed by atoms with E-state index < -0.39 is 22.0 Å². The minimum absolute atomic E-state index is 0.211. The van der Waals surface area contributed by atoms with Crippen molar-refractivity contribution in [1.29, 1.82) is 0 Å². The van der Waals surface area contributed by atoms with Crippen LogP contribution < -0.4 is 9.62 Å². The molecule has 2 aromatic carbocycles. The number of hydrogen-bond donors (Lipinski definition) is 1. The van der Waals surface area contributed by atoms with Gasteiger partial charge in [0.15, 0.2) is 0 Å². The second-order valence-electron chi connectivity index (χ2n) is 7.54. The van der Waals surface area contributed by atoms with E-state index in [1.807, 2.05) is 44.2 Å². The highest BCUT2D eigenvalue weighted by atomic mass is 32.2. The largest absolute Gasteiger partial charge is 0.357 e. The molecule has 168 valence electrons. The van der Waals surface area contributed by atoms with Gasteiger partial charge in [-0.3, -0.25) is 13.9 Å². The molecule has 2 rings (SSSR count). The molecule has 0 radical (unpaired) electrons. The topological polar surface area (TPSA) is 86.8 Å². The lowest BCUT2D eigenvalue weighted by Crippen LogP contribution is -2.51. The Kier molecular flexibility index (Phi) is 8.21. The molecule has 0 spiro atoms. The molecule has 0 aliphatic carbocycles. The van der Waals surface area contributed by atoms with E-state index >= 15 is 0 Å². The summed E-state index contributed by atoms with van der Waals surface area (Å²) in [5, 5.41) is 2.61. The van der Waals surface area contributed by atoms with Crippen molar-refractivity contribution in [3.63, 3.8) is 0 Å². The third-order valence-corrected chi connectivity index (χ3v) is 6.42. The van der Waals surface area contributed by atoms with Crippen molar-refractivity contribution in [3.8, 4) is 0 Å². The molecule has 0 unspecified atom stereocenters. The molecule has 1 N–H and O–H groups in total. The molecule has 0 saturated carbocycles. The Bertz CT molecular complexity index is 1040. The molecule has 0 aromatic heterocycles. The van der Waals surface area contributed by atoms with E-state index in [4.69, 9.17) is 0 Å². The number of amides is 2. The summed E-state index contributed by atoms with van der Waals surface area (Å²) in [4.78, 5) is 27.5. The highest BCUT2D eigenvalue weighted by molar-refractivity contribution is 7.92. The summed E-state index contributed by atoms with van der Waals surface area (Å²) in [6, 6.07) is 13.9. The van der Waals surface area contributed by atoms with Gasteiger partial charge in [0.2, 0.25) is 21.8 Å². The van der Waals surface area contributed by atoms with Crippen LogP contribution in [0.15, 0.2) is 48.5 Å². The van der Waals surface area contributed by atoms with Crippen LogP contribution in [0.1, 0.15) is 30.0 Å². The average molecular weight is 446 g/mol. The molecule has 0 bridgehead atoms. The van der Waals surface area contributed by atoms with Gasteiger partial charge in [0, 0.05) is 13.6 Å². The van der Waals surface area contributed by atoms with Crippen molar-refractivity contribution in [2.75, 3.05) is 24.2 Å². The molecule has 0 aliphatic heterocycles. The summed E-state index contributed by atoms with van der Waals surface area (Å²) in [6.45, 7) is 5.39. The second kappa shape index (κ2) is 10.4. The second-order valence-corrected chi connectivity index (χ2v) is 9.45. The molecule has 7 nitrogen and oxygen atoms in total. The van der Waals surface area contributed by atoms with E-state index in [2.05, 4.69) is 5.32 Å². The van der Waals surface area contributed by atoms with Crippen LogP contribution in [0.25, 0.3) is 0 Å². The number of hydrogen-bond acceptors (Lipinski definition) is 4. The standard InChI is InChI=1S/C23H31N3O4S/c1-6-20(23(28)24-4)25(15-19-13-9-7-11-17(19)2)22(27)16-26(31(5,29)30)21-14-10-8-12-18(21)3/h7-14,20H,6,15-16H2,1-5H3,(H,24,28)/t20-/m1/s1. The van der Waals surface area contributed by atoms with Crippen molar-refractivity contribution in [2.24, 2.45) is 0 Å². The molecule has 2 amide bonds. The lowest BCUT2D eigenvalue weighted by Gasteiger charge is -2.33. The lowest BCUT2D eigenvalue weighted by atomic mass is 10.1. The number of sulfonamides is 1. The molecular formula is C23H31N3O4S. The molecule has 0 heterocycles. The third-order valence-electron chi connectivity index (χ3n) is 5.30. The average Bonchev–Trinajstić information content (AvgIpc) is 2.72. The molecule has 31 heavy (non-hydrogen) atoms. The van der Waals surface area contributed by atoms with Crippen LogP contribution in [-0.2, 0) is 26.2 Å². The Morgan fingerprint density at radius 3 is 2.10 bits per heavy atom. The maximum atomic E-state index is 13.5. The molecule has 0 fully saturated rings. The van der Waals surface area contributed by atoms with Crippen LogP contribution in [0.5, 0.6) is 0 Å². The SMILES string of the molecule is CC[C@H](C(=O)NC)N(Cc1ccccc1C)C(=O)CN(c1ccccc1C)S(C)(=O)=O. The van der Waals surface area contributed by atoms with Crippen molar-refractivity contribution in [3.05, 3.63) is 65.2 Å². The predicted octanol–water partition coefficient (Wildman–Crippen LogP) is 2.62. The van der Waals surface area contributed by atoms with Crippen LogP contribution in [0.2, 0.25) is 0 Å². The highest BCUT2D eigenvalue weighted by Crippen LogP contribution is 2.23. The summed E-state index contributed by atoms with van der Waals surface area (Å²) < 4.78 is 26.2. The van der Waals surface area contributed by atoms with Crippen LogP contribution in [0, 0.1) is 13.8 Å². The number of nitrogens with zero attached hydrogens (tertiary/aromatic N) is 2. The van der Waals surface area contributed by atoms with Gasteiger partial charge in [-0.1, -0.05) is 49.4 Å². The van der Waals surface area contributed by atoms with Crippen molar-refractivity contribution in [2.45, 2.75) is 39.8 Å². The van der Waals surface area contributed by atoms with Gasteiger partial charge in [-0.2, -0.15) is 0 Å². The zero-order chi connectivity index (χ0) is 23.2. The summed E-state index contributed by atoms with van der Waals surface area (Å²) in [5.74, 6) is -0.724.